The van der Waals surface area contributed by atoms with Gasteiger partial charge < -0.3 is 0 Å². The Labute approximate surface area is 103 Å². The van der Waals surface area contributed by atoms with E-state index >= 15 is 0 Å². The minimum absolute atomic E-state index is 0.0706. The predicted molar refractivity (Wildman–Crippen MR) is 64.6 cm³/mol. The number of nitro groups is 1. The maximum Gasteiger partial charge on any atom is 0.305 e. The van der Waals surface area contributed by atoms with Crippen LogP contribution in [0.4, 0.5) is 5.69 Å². The molecule has 0 saturated heterocycles. The average Bonchev–Trinajstić information content (AvgIpc) is 2.16. The predicted octanol–water partition coefficient (Wildman–Crippen LogP) is 2.74. The van der Waals surface area contributed by atoms with Crippen molar-refractivity contribution in [3.63, 3.8) is 0 Å². The summed E-state index contributed by atoms with van der Waals surface area (Å²) >= 11 is 3.55. The third-order valence-corrected chi connectivity index (χ3v) is 2.73. The molecular formula is C10H14BrN3O2. The molecule has 1 unspecified atom stereocenters. The number of nitrogens with zero attached hydrogens (tertiary/aromatic N) is 3. The van der Waals surface area contributed by atoms with Crippen LogP contribution in [-0.2, 0) is 6.42 Å². The fourth-order valence-corrected chi connectivity index (χ4v) is 2.38. The number of hydrogen-bond acceptors (Lipinski definition) is 4. The summed E-state index contributed by atoms with van der Waals surface area (Å²) in [6.07, 6.45) is 4.21. The Balaban J connectivity index is 2.58. The van der Waals surface area contributed by atoms with E-state index < -0.39 is 4.92 Å². The van der Waals surface area contributed by atoms with E-state index in [4.69, 9.17) is 0 Å². The van der Waals surface area contributed by atoms with E-state index in [1.165, 1.54) is 12.4 Å². The first-order valence-electron chi connectivity index (χ1n) is 5.08. The maximum absolute atomic E-state index is 10.4. The van der Waals surface area contributed by atoms with Gasteiger partial charge in [0.05, 0.1) is 4.92 Å². The summed E-state index contributed by atoms with van der Waals surface area (Å²) in [6.45, 7) is 4.29. The van der Waals surface area contributed by atoms with Crippen LogP contribution < -0.4 is 0 Å². The summed E-state index contributed by atoms with van der Waals surface area (Å²) < 4.78 is 0. The lowest BCUT2D eigenvalue weighted by Crippen LogP contribution is -2.09. The van der Waals surface area contributed by atoms with Gasteiger partial charge >= 0.3 is 5.69 Å². The molecule has 1 aromatic heterocycles. The quantitative estimate of drug-likeness (QED) is 0.474. The van der Waals surface area contributed by atoms with Crippen LogP contribution in [0.2, 0.25) is 0 Å². The molecule has 0 amide bonds. The van der Waals surface area contributed by atoms with Gasteiger partial charge in [0.2, 0.25) is 0 Å². The number of alkyl halides is 1. The van der Waals surface area contributed by atoms with Crippen LogP contribution in [0.25, 0.3) is 0 Å². The fraction of sp³-hybridized carbons (Fsp3) is 0.600. The zero-order valence-electron chi connectivity index (χ0n) is 9.26. The molecule has 0 radical (unpaired) electrons. The molecule has 0 fully saturated rings. The molecule has 0 saturated carbocycles. The molecule has 1 heterocycles. The highest BCUT2D eigenvalue weighted by atomic mass is 79.9. The first-order valence-corrected chi connectivity index (χ1v) is 6.00. The van der Waals surface area contributed by atoms with E-state index in [0.29, 0.717) is 23.0 Å². The number of hydrogen-bond donors (Lipinski definition) is 0. The van der Waals surface area contributed by atoms with E-state index in [1.807, 2.05) is 0 Å². The Morgan fingerprint density at radius 1 is 1.44 bits per heavy atom. The van der Waals surface area contributed by atoms with Gasteiger partial charge in [-0.2, -0.15) is 0 Å². The molecular weight excluding hydrogens is 274 g/mol. The maximum atomic E-state index is 10.4. The van der Waals surface area contributed by atoms with Crippen LogP contribution in [0.1, 0.15) is 26.1 Å². The molecule has 0 spiro atoms. The molecule has 1 atom stereocenters. The van der Waals surface area contributed by atoms with E-state index in [2.05, 4.69) is 39.7 Å². The van der Waals surface area contributed by atoms with Gasteiger partial charge in [-0.1, -0.05) is 29.8 Å². The van der Waals surface area contributed by atoms with Gasteiger partial charge in [-0.3, -0.25) is 10.1 Å². The normalized spacial score (nSPS) is 12.8. The molecule has 16 heavy (non-hydrogen) atoms. The summed E-state index contributed by atoms with van der Waals surface area (Å²) in [7, 11) is 0. The van der Waals surface area contributed by atoms with Crippen molar-refractivity contribution in [3.05, 3.63) is 28.3 Å². The first-order chi connectivity index (χ1) is 7.49. The molecule has 0 aliphatic heterocycles. The summed E-state index contributed by atoms with van der Waals surface area (Å²) in [5.74, 6) is 1.23. The fourth-order valence-electron chi connectivity index (χ4n) is 1.34. The van der Waals surface area contributed by atoms with Crippen molar-refractivity contribution in [3.8, 4) is 0 Å². The van der Waals surface area contributed by atoms with Crippen molar-refractivity contribution in [2.45, 2.75) is 31.5 Å². The minimum Gasteiger partial charge on any atom is -0.258 e. The zero-order valence-corrected chi connectivity index (χ0v) is 10.8. The summed E-state index contributed by atoms with van der Waals surface area (Å²) in [4.78, 5) is 18.1. The van der Waals surface area contributed by atoms with Crippen molar-refractivity contribution in [1.29, 1.82) is 0 Å². The van der Waals surface area contributed by atoms with Gasteiger partial charge in [0, 0.05) is 11.2 Å². The van der Waals surface area contributed by atoms with Gasteiger partial charge in [0.25, 0.3) is 0 Å². The Kier molecular flexibility index (Phi) is 4.79. The molecule has 0 bridgehead atoms. The molecule has 88 valence electrons. The minimum atomic E-state index is -0.497. The van der Waals surface area contributed by atoms with Gasteiger partial charge in [0.15, 0.2) is 0 Å². The van der Waals surface area contributed by atoms with E-state index in [9.17, 15) is 10.1 Å². The van der Waals surface area contributed by atoms with Crippen molar-refractivity contribution < 1.29 is 4.92 Å². The number of rotatable bonds is 5. The number of halogens is 1. The Morgan fingerprint density at radius 3 is 2.44 bits per heavy atom. The SMILES string of the molecule is CC(C)CC(Br)Cc1ncc([N+](=O)[O-])cn1. The van der Waals surface area contributed by atoms with Crippen molar-refractivity contribution in [1.82, 2.24) is 9.97 Å². The molecule has 0 aliphatic rings. The Hall–Kier alpha value is -1.04. The second kappa shape index (κ2) is 5.89. The smallest absolute Gasteiger partial charge is 0.258 e. The van der Waals surface area contributed by atoms with E-state index in [-0.39, 0.29) is 5.69 Å². The Morgan fingerprint density at radius 2 is 2.00 bits per heavy atom. The molecule has 0 N–H and O–H groups in total. The van der Waals surface area contributed by atoms with Crippen molar-refractivity contribution in [2.75, 3.05) is 0 Å². The molecule has 0 aromatic carbocycles. The van der Waals surface area contributed by atoms with Gasteiger partial charge in [0.1, 0.15) is 18.2 Å². The highest BCUT2D eigenvalue weighted by molar-refractivity contribution is 9.09. The second-order valence-corrected chi connectivity index (χ2v) is 5.34. The lowest BCUT2D eigenvalue weighted by molar-refractivity contribution is -0.385. The third kappa shape index (κ3) is 4.22. The van der Waals surface area contributed by atoms with Crippen molar-refractivity contribution in [2.24, 2.45) is 5.92 Å². The highest BCUT2D eigenvalue weighted by Gasteiger charge is 2.11. The monoisotopic (exact) mass is 287 g/mol. The first kappa shape index (κ1) is 13.0. The van der Waals surface area contributed by atoms with Crippen molar-refractivity contribution >= 4 is 21.6 Å². The number of aromatic nitrogens is 2. The summed E-state index contributed by atoms with van der Waals surface area (Å²) in [6, 6.07) is 0. The lowest BCUT2D eigenvalue weighted by atomic mass is 10.1. The van der Waals surface area contributed by atoms with Crippen LogP contribution in [0.15, 0.2) is 12.4 Å². The average molecular weight is 288 g/mol. The Bertz CT molecular complexity index is 354. The highest BCUT2D eigenvalue weighted by Crippen LogP contribution is 2.16. The van der Waals surface area contributed by atoms with E-state index in [0.717, 1.165) is 6.42 Å². The second-order valence-electron chi connectivity index (χ2n) is 4.05. The van der Waals surface area contributed by atoms with Gasteiger partial charge in [-0.05, 0) is 12.3 Å². The standard InChI is InChI=1S/C10H14BrN3O2/c1-7(2)3-8(11)4-10-12-5-9(6-13-10)14(15)16/h5-8H,3-4H2,1-2H3. The molecule has 1 rings (SSSR count). The summed E-state index contributed by atoms with van der Waals surface area (Å²) in [5.41, 5.74) is -0.0706. The third-order valence-electron chi connectivity index (χ3n) is 2.03. The van der Waals surface area contributed by atoms with Gasteiger partial charge in [-0.15, -0.1) is 0 Å². The zero-order chi connectivity index (χ0) is 12.1. The van der Waals surface area contributed by atoms with Crippen LogP contribution in [-0.4, -0.2) is 19.7 Å². The molecule has 5 nitrogen and oxygen atoms in total. The molecule has 0 aliphatic carbocycles. The van der Waals surface area contributed by atoms with Gasteiger partial charge in [-0.25, -0.2) is 9.97 Å². The molecule has 6 heteroatoms. The molecule has 1 aromatic rings. The lowest BCUT2D eigenvalue weighted by Gasteiger charge is -2.10. The summed E-state index contributed by atoms with van der Waals surface area (Å²) in [5, 5.41) is 10.4. The van der Waals surface area contributed by atoms with Crippen LogP contribution in [0.5, 0.6) is 0 Å². The topological polar surface area (TPSA) is 68.9 Å². The van der Waals surface area contributed by atoms with Crippen LogP contribution >= 0.6 is 15.9 Å². The largest absolute Gasteiger partial charge is 0.305 e. The van der Waals surface area contributed by atoms with Crippen LogP contribution in [0, 0.1) is 16.0 Å². The van der Waals surface area contributed by atoms with Crippen LogP contribution in [0.3, 0.4) is 0 Å². The van der Waals surface area contributed by atoms with E-state index in [1.54, 1.807) is 0 Å².